The summed E-state index contributed by atoms with van der Waals surface area (Å²) in [4.78, 5) is 0. The third-order valence-corrected chi connectivity index (χ3v) is 2.33. The summed E-state index contributed by atoms with van der Waals surface area (Å²) < 4.78 is 10.9. The van der Waals surface area contributed by atoms with Crippen molar-refractivity contribution in [3.05, 3.63) is 23.8 Å². The Bertz CT molecular complexity index is 329. The second kappa shape index (κ2) is 6.35. The van der Waals surface area contributed by atoms with Gasteiger partial charge in [0.1, 0.15) is 0 Å². The minimum atomic E-state index is -0.220. The molecule has 0 heterocycles. The van der Waals surface area contributed by atoms with Gasteiger partial charge in [-0.2, -0.15) is 0 Å². The van der Waals surface area contributed by atoms with Gasteiger partial charge in [-0.3, -0.25) is 0 Å². The van der Waals surface area contributed by atoms with E-state index in [0.29, 0.717) is 24.7 Å². The smallest absolute Gasteiger partial charge is 0.165 e. The Labute approximate surface area is 96.5 Å². The summed E-state index contributed by atoms with van der Waals surface area (Å²) in [6.07, 6.45) is 0.940. The van der Waals surface area contributed by atoms with E-state index in [1.807, 2.05) is 18.2 Å². The zero-order chi connectivity index (χ0) is 12.0. The first-order valence-electron chi connectivity index (χ1n) is 5.49. The molecule has 0 amide bonds. The minimum absolute atomic E-state index is 0.220. The average molecular weight is 224 g/mol. The SMILES string of the molecule is CCCOc1c(OC)cccc1C(N)CN. The van der Waals surface area contributed by atoms with Crippen LogP contribution < -0.4 is 20.9 Å². The zero-order valence-corrected chi connectivity index (χ0v) is 9.90. The molecule has 1 aromatic carbocycles. The molecule has 4 nitrogen and oxygen atoms in total. The first-order chi connectivity index (χ1) is 7.74. The first-order valence-corrected chi connectivity index (χ1v) is 5.49. The maximum absolute atomic E-state index is 5.93. The van der Waals surface area contributed by atoms with Crippen LogP contribution in [0.5, 0.6) is 11.5 Å². The van der Waals surface area contributed by atoms with Gasteiger partial charge in [-0.15, -0.1) is 0 Å². The van der Waals surface area contributed by atoms with Gasteiger partial charge < -0.3 is 20.9 Å². The van der Waals surface area contributed by atoms with Gasteiger partial charge >= 0.3 is 0 Å². The molecule has 1 rings (SSSR count). The standard InChI is InChI=1S/C12H20N2O2/c1-3-7-16-12-9(10(14)8-13)5-4-6-11(12)15-2/h4-6,10H,3,7-8,13-14H2,1-2H3. The average Bonchev–Trinajstić information content (AvgIpc) is 2.34. The van der Waals surface area contributed by atoms with Crippen LogP contribution in [0.3, 0.4) is 0 Å². The summed E-state index contributed by atoms with van der Waals surface area (Å²) in [7, 11) is 1.62. The summed E-state index contributed by atoms with van der Waals surface area (Å²) in [5.41, 5.74) is 12.4. The topological polar surface area (TPSA) is 70.5 Å². The van der Waals surface area contributed by atoms with Crippen molar-refractivity contribution < 1.29 is 9.47 Å². The Hall–Kier alpha value is -1.26. The van der Waals surface area contributed by atoms with Crippen molar-refractivity contribution in [2.45, 2.75) is 19.4 Å². The van der Waals surface area contributed by atoms with E-state index in [9.17, 15) is 0 Å². The molecule has 0 radical (unpaired) electrons. The summed E-state index contributed by atoms with van der Waals surface area (Å²) >= 11 is 0. The van der Waals surface area contributed by atoms with Crippen molar-refractivity contribution >= 4 is 0 Å². The van der Waals surface area contributed by atoms with Crippen LogP contribution in [0.2, 0.25) is 0 Å². The third-order valence-electron chi connectivity index (χ3n) is 2.33. The fourth-order valence-electron chi connectivity index (χ4n) is 1.47. The van der Waals surface area contributed by atoms with Crippen LogP contribution in [0, 0.1) is 0 Å². The number of nitrogens with two attached hydrogens (primary N) is 2. The first kappa shape index (κ1) is 12.8. The molecule has 0 aliphatic heterocycles. The Morgan fingerprint density at radius 1 is 1.38 bits per heavy atom. The van der Waals surface area contributed by atoms with E-state index in [2.05, 4.69) is 6.92 Å². The molecule has 4 heteroatoms. The molecule has 4 N–H and O–H groups in total. The van der Waals surface area contributed by atoms with E-state index in [1.54, 1.807) is 7.11 Å². The number of rotatable bonds is 6. The maximum atomic E-state index is 5.93. The molecule has 90 valence electrons. The minimum Gasteiger partial charge on any atom is -0.493 e. The number of hydrogen-bond donors (Lipinski definition) is 2. The van der Waals surface area contributed by atoms with Crippen molar-refractivity contribution in [2.24, 2.45) is 11.5 Å². The molecule has 1 unspecified atom stereocenters. The summed E-state index contributed by atoms with van der Waals surface area (Å²) in [5.74, 6) is 1.42. The van der Waals surface area contributed by atoms with E-state index in [1.165, 1.54) is 0 Å². The largest absolute Gasteiger partial charge is 0.493 e. The molecule has 0 bridgehead atoms. The summed E-state index contributed by atoms with van der Waals surface area (Å²) in [6, 6.07) is 5.45. The molecular formula is C12H20N2O2. The summed E-state index contributed by atoms with van der Waals surface area (Å²) in [5, 5.41) is 0. The number of hydrogen-bond acceptors (Lipinski definition) is 4. The van der Waals surface area contributed by atoms with Gasteiger partial charge in [0, 0.05) is 18.2 Å². The van der Waals surface area contributed by atoms with Gasteiger partial charge in [-0.25, -0.2) is 0 Å². The lowest BCUT2D eigenvalue weighted by molar-refractivity contribution is 0.289. The molecule has 0 spiro atoms. The van der Waals surface area contributed by atoms with Crippen LogP contribution in [-0.2, 0) is 0 Å². The highest BCUT2D eigenvalue weighted by Crippen LogP contribution is 2.33. The van der Waals surface area contributed by atoms with Crippen LogP contribution in [0.25, 0.3) is 0 Å². The number of ether oxygens (including phenoxy) is 2. The van der Waals surface area contributed by atoms with Crippen molar-refractivity contribution in [3.63, 3.8) is 0 Å². The Balaban J connectivity index is 3.04. The second-order valence-corrected chi connectivity index (χ2v) is 3.57. The van der Waals surface area contributed by atoms with Crippen molar-refractivity contribution in [3.8, 4) is 11.5 Å². The van der Waals surface area contributed by atoms with Crippen LogP contribution in [0.4, 0.5) is 0 Å². The van der Waals surface area contributed by atoms with Gasteiger partial charge in [0.05, 0.1) is 13.7 Å². The second-order valence-electron chi connectivity index (χ2n) is 3.57. The van der Waals surface area contributed by atoms with Gasteiger partial charge in [0.2, 0.25) is 0 Å². The Morgan fingerprint density at radius 2 is 2.12 bits per heavy atom. The van der Waals surface area contributed by atoms with E-state index < -0.39 is 0 Å². The van der Waals surface area contributed by atoms with E-state index in [0.717, 1.165) is 12.0 Å². The molecule has 16 heavy (non-hydrogen) atoms. The van der Waals surface area contributed by atoms with Crippen molar-refractivity contribution in [1.82, 2.24) is 0 Å². The van der Waals surface area contributed by atoms with Crippen LogP contribution in [-0.4, -0.2) is 20.3 Å². The molecule has 1 aromatic rings. The molecule has 0 fully saturated rings. The molecule has 0 aromatic heterocycles. The van der Waals surface area contributed by atoms with E-state index in [-0.39, 0.29) is 6.04 Å². The maximum Gasteiger partial charge on any atom is 0.165 e. The highest BCUT2D eigenvalue weighted by Gasteiger charge is 2.15. The molecule has 0 saturated carbocycles. The van der Waals surface area contributed by atoms with Crippen molar-refractivity contribution in [2.75, 3.05) is 20.3 Å². The van der Waals surface area contributed by atoms with E-state index in [4.69, 9.17) is 20.9 Å². The van der Waals surface area contributed by atoms with Crippen LogP contribution in [0.15, 0.2) is 18.2 Å². The van der Waals surface area contributed by atoms with Gasteiger partial charge in [0.15, 0.2) is 11.5 Å². The van der Waals surface area contributed by atoms with Crippen molar-refractivity contribution in [1.29, 1.82) is 0 Å². The molecule has 0 aliphatic rings. The van der Waals surface area contributed by atoms with E-state index >= 15 is 0 Å². The monoisotopic (exact) mass is 224 g/mol. The number of benzene rings is 1. The third kappa shape index (κ3) is 2.87. The highest BCUT2D eigenvalue weighted by molar-refractivity contribution is 5.48. The van der Waals surface area contributed by atoms with Gasteiger partial charge in [0.25, 0.3) is 0 Å². The van der Waals surface area contributed by atoms with Gasteiger partial charge in [-0.05, 0) is 12.5 Å². The van der Waals surface area contributed by atoms with Crippen LogP contribution in [0.1, 0.15) is 24.9 Å². The number of methoxy groups -OCH3 is 1. The van der Waals surface area contributed by atoms with Gasteiger partial charge in [-0.1, -0.05) is 19.1 Å². The Morgan fingerprint density at radius 3 is 2.69 bits per heavy atom. The molecule has 1 atom stereocenters. The predicted molar refractivity (Wildman–Crippen MR) is 64.8 cm³/mol. The van der Waals surface area contributed by atoms with Crippen LogP contribution >= 0.6 is 0 Å². The summed E-state index contributed by atoms with van der Waals surface area (Å²) in [6.45, 7) is 3.08. The normalized spacial score (nSPS) is 12.2. The Kier molecular flexibility index (Phi) is 5.08. The quantitative estimate of drug-likeness (QED) is 0.767. The molecule has 0 aliphatic carbocycles. The lowest BCUT2D eigenvalue weighted by atomic mass is 10.1. The fraction of sp³-hybridized carbons (Fsp3) is 0.500. The molecule has 0 saturated heterocycles. The predicted octanol–water partition coefficient (Wildman–Crippen LogP) is 1.44. The highest BCUT2D eigenvalue weighted by atomic mass is 16.5. The zero-order valence-electron chi connectivity index (χ0n) is 9.90. The number of para-hydroxylation sites is 1. The fourth-order valence-corrected chi connectivity index (χ4v) is 1.47. The molecular weight excluding hydrogens is 204 g/mol. The lowest BCUT2D eigenvalue weighted by Crippen LogP contribution is -2.21. The lowest BCUT2D eigenvalue weighted by Gasteiger charge is -2.17.